The maximum Gasteiger partial charge on any atom is 0.227 e. The quantitative estimate of drug-likeness (QED) is 0.871. The van der Waals surface area contributed by atoms with Crippen LogP contribution in [-0.4, -0.2) is 21.9 Å². The van der Waals surface area contributed by atoms with Gasteiger partial charge in [0.2, 0.25) is 5.91 Å². The Hall–Kier alpha value is -1.32. The van der Waals surface area contributed by atoms with Crippen LogP contribution in [0.5, 0.6) is 0 Å². The van der Waals surface area contributed by atoms with Crippen LogP contribution in [0.3, 0.4) is 0 Å². The molecule has 1 amide bonds. The number of carbonyl (C=O) groups excluding carboxylic acids is 1. The molecule has 0 radical (unpaired) electrons. The van der Waals surface area contributed by atoms with Crippen LogP contribution >= 0.6 is 0 Å². The normalized spacial score (nSPS) is 28.6. The minimum Gasteiger partial charge on any atom is -0.352 e. The average Bonchev–Trinajstić information content (AvgIpc) is 2.77. The van der Waals surface area contributed by atoms with Crippen LogP contribution in [0.2, 0.25) is 0 Å². The second-order valence-corrected chi connectivity index (χ2v) is 7.62. The van der Waals surface area contributed by atoms with E-state index >= 15 is 0 Å². The van der Waals surface area contributed by atoms with Crippen molar-refractivity contribution in [3.05, 3.63) is 17.7 Å². The second-order valence-electron chi connectivity index (χ2n) is 7.62. The molecular weight excluding hydrogens is 250 g/mol. The van der Waals surface area contributed by atoms with E-state index in [1.165, 1.54) is 5.69 Å². The number of aryl methyl sites for hydroxylation is 1. The Bertz CT molecular complexity index is 542. The lowest BCUT2D eigenvalue weighted by atomic mass is 9.92. The number of amides is 1. The summed E-state index contributed by atoms with van der Waals surface area (Å²) < 4.78 is 0. The van der Waals surface area contributed by atoms with E-state index in [1.54, 1.807) is 6.33 Å². The molecule has 3 rings (SSSR count). The molecular formula is C16H25N3O. The summed E-state index contributed by atoms with van der Waals surface area (Å²) in [5, 5.41) is 3.28. The van der Waals surface area contributed by atoms with Crippen LogP contribution in [0.15, 0.2) is 6.33 Å². The predicted molar refractivity (Wildman–Crippen MR) is 78.2 cm³/mol. The van der Waals surface area contributed by atoms with E-state index in [4.69, 9.17) is 0 Å². The van der Waals surface area contributed by atoms with Gasteiger partial charge in [-0.1, -0.05) is 27.7 Å². The number of carbonyl (C=O) groups is 1. The van der Waals surface area contributed by atoms with Crippen LogP contribution in [0, 0.1) is 16.2 Å². The zero-order valence-corrected chi connectivity index (χ0v) is 13.1. The molecule has 0 spiro atoms. The van der Waals surface area contributed by atoms with Crippen molar-refractivity contribution in [3.63, 3.8) is 0 Å². The Kier molecular flexibility index (Phi) is 2.64. The first-order valence-electron chi connectivity index (χ1n) is 7.54. The molecule has 1 atom stereocenters. The minimum atomic E-state index is -0.270. The van der Waals surface area contributed by atoms with E-state index in [0.29, 0.717) is 0 Å². The number of hydrogen-bond donors (Lipinski definition) is 2. The van der Waals surface area contributed by atoms with Gasteiger partial charge in [0.05, 0.1) is 17.4 Å². The first-order chi connectivity index (χ1) is 9.22. The van der Waals surface area contributed by atoms with Gasteiger partial charge in [0.1, 0.15) is 0 Å². The fourth-order valence-corrected chi connectivity index (χ4v) is 4.02. The van der Waals surface area contributed by atoms with Gasteiger partial charge in [-0.3, -0.25) is 4.79 Å². The molecule has 20 heavy (non-hydrogen) atoms. The smallest absolute Gasteiger partial charge is 0.227 e. The number of nitrogens with one attached hydrogen (secondary N) is 2. The van der Waals surface area contributed by atoms with Gasteiger partial charge >= 0.3 is 0 Å². The molecule has 2 aliphatic carbocycles. The van der Waals surface area contributed by atoms with Crippen LogP contribution in [0.25, 0.3) is 0 Å². The maximum absolute atomic E-state index is 12.7. The summed E-state index contributed by atoms with van der Waals surface area (Å²) in [4.78, 5) is 20.2. The molecule has 1 saturated carbocycles. The fraction of sp³-hybridized carbons (Fsp3) is 0.750. The van der Waals surface area contributed by atoms with Crippen molar-refractivity contribution >= 4 is 5.91 Å². The number of fused-ring (bicyclic) bond motifs is 1. The summed E-state index contributed by atoms with van der Waals surface area (Å²) in [7, 11) is 0. The molecule has 1 unspecified atom stereocenters. The van der Waals surface area contributed by atoms with Gasteiger partial charge in [0.25, 0.3) is 0 Å². The number of imidazole rings is 1. The predicted octanol–water partition coefficient (Wildman–Crippen LogP) is 2.46. The number of aromatic amines is 1. The zero-order valence-electron chi connectivity index (χ0n) is 13.1. The number of nitrogens with zero attached hydrogens (tertiary/aromatic N) is 1. The fourth-order valence-electron chi connectivity index (χ4n) is 4.02. The minimum absolute atomic E-state index is 0.0535. The van der Waals surface area contributed by atoms with Gasteiger partial charge in [-0.05, 0) is 30.6 Å². The van der Waals surface area contributed by atoms with Crippen molar-refractivity contribution in [3.8, 4) is 0 Å². The molecule has 1 fully saturated rings. The maximum atomic E-state index is 12.7. The lowest BCUT2D eigenvalue weighted by Crippen LogP contribution is -2.43. The number of aromatic nitrogens is 2. The highest BCUT2D eigenvalue weighted by Gasteiger charge is 2.78. The van der Waals surface area contributed by atoms with E-state index in [1.807, 2.05) is 0 Å². The topological polar surface area (TPSA) is 57.8 Å². The summed E-state index contributed by atoms with van der Waals surface area (Å²) in [6.07, 6.45) is 4.56. The van der Waals surface area contributed by atoms with Crippen LogP contribution in [0.1, 0.15) is 52.4 Å². The molecule has 2 N–H and O–H groups in total. The van der Waals surface area contributed by atoms with Crippen molar-refractivity contribution < 1.29 is 4.79 Å². The van der Waals surface area contributed by atoms with Gasteiger partial charge in [0, 0.05) is 18.2 Å². The molecule has 110 valence electrons. The van der Waals surface area contributed by atoms with Gasteiger partial charge in [-0.2, -0.15) is 0 Å². The van der Waals surface area contributed by atoms with Crippen molar-refractivity contribution in [2.45, 2.75) is 59.9 Å². The molecule has 1 heterocycles. The molecule has 0 aromatic carbocycles. The third-order valence-electron chi connectivity index (χ3n) is 6.78. The molecule has 2 aliphatic rings. The van der Waals surface area contributed by atoms with Crippen molar-refractivity contribution in [2.24, 2.45) is 16.2 Å². The molecule has 0 aliphatic heterocycles. The highest BCUT2D eigenvalue weighted by atomic mass is 16.2. The highest BCUT2D eigenvalue weighted by Crippen LogP contribution is 2.77. The third kappa shape index (κ3) is 1.48. The Labute approximate surface area is 120 Å². The van der Waals surface area contributed by atoms with E-state index in [9.17, 15) is 4.79 Å². The average molecular weight is 275 g/mol. The number of H-pyrrole nitrogens is 1. The van der Waals surface area contributed by atoms with Crippen molar-refractivity contribution in [1.29, 1.82) is 0 Å². The molecule has 4 nitrogen and oxygen atoms in total. The lowest BCUT2D eigenvalue weighted by Gasteiger charge is -2.25. The van der Waals surface area contributed by atoms with Crippen LogP contribution in [0.4, 0.5) is 0 Å². The van der Waals surface area contributed by atoms with Crippen molar-refractivity contribution in [1.82, 2.24) is 15.3 Å². The summed E-state index contributed by atoms with van der Waals surface area (Å²) in [5.41, 5.74) is 2.18. The number of rotatable bonds is 2. The van der Waals surface area contributed by atoms with Gasteiger partial charge in [0.15, 0.2) is 0 Å². The van der Waals surface area contributed by atoms with Crippen LogP contribution in [-0.2, 0) is 17.6 Å². The highest BCUT2D eigenvalue weighted by molar-refractivity contribution is 5.88. The van der Waals surface area contributed by atoms with E-state index in [0.717, 1.165) is 25.0 Å². The zero-order chi connectivity index (χ0) is 14.8. The Morgan fingerprint density at radius 1 is 1.30 bits per heavy atom. The van der Waals surface area contributed by atoms with Crippen LogP contribution < -0.4 is 5.32 Å². The van der Waals surface area contributed by atoms with E-state index in [-0.39, 0.29) is 28.2 Å². The van der Waals surface area contributed by atoms with Gasteiger partial charge < -0.3 is 10.3 Å². The second kappa shape index (κ2) is 3.86. The Balaban J connectivity index is 1.70. The summed E-state index contributed by atoms with van der Waals surface area (Å²) in [6.45, 7) is 10.9. The molecule has 4 heteroatoms. The molecule has 1 aromatic rings. The monoisotopic (exact) mass is 275 g/mol. The summed E-state index contributed by atoms with van der Waals surface area (Å²) >= 11 is 0. The first kappa shape index (κ1) is 13.7. The Morgan fingerprint density at radius 2 is 1.95 bits per heavy atom. The largest absolute Gasteiger partial charge is 0.352 e. The third-order valence-corrected chi connectivity index (χ3v) is 6.78. The molecule has 1 aromatic heterocycles. The van der Waals surface area contributed by atoms with Gasteiger partial charge in [-0.25, -0.2) is 4.98 Å². The standard InChI is InChI=1S/C16H25N3O/c1-14(2)15(3,4)16(14,5)13(20)19-10-6-7-11-12(8-10)18-9-17-11/h9-10H,6-8H2,1-5H3,(H,17,18)(H,19,20). The number of hydrogen-bond acceptors (Lipinski definition) is 2. The SMILES string of the molecule is CC1(C)C(C)(C)C1(C)C(=O)NC1CCc2nc[nH]c2C1. The summed E-state index contributed by atoms with van der Waals surface area (Å²) in [5.74, 6) is 0.209. The van der Waals surface area contributed by atoms with E-state index in [2.05, 4.69) is 49.9 Å². The Morgan fingerprint density at radius 3 is 2.55 bits per heavy atom. The van der Waals surface area contributed by atoms with Gasteiger partial charge in [-0.15, -0.1) is 0 Å². The lowest BCUT2D eigenvalue weighted by molar-refractivity contribution is -0.128. The summed E-state index contributed by atoms with van der Waals surface area (Å²) in [6, 6.07) is 0.236. The molecule has 0 bridgehead atoms. The van der Waals surface area contributed by atoms with Crippen molar-refractivity contribution in [2.75, 3.05) is 0 Å². The molecule has 0 saturated heterocycles. The van der Waals surface area contributed by atoms with E-state index < -0.39 is 0 Å². The first-order valence-corrected chi connectivity index (χ1v) is 7.54.